The van der Waals surface area contributed by atoms with Crippen LogP contribution in [0.1, 0.15) is 26.3 Å². The zero-order chi connectivity index (χ0) is 23.1. The van der Waals surface area contributed by atoms with Gasteiger partial charge in [-0.2, -0.15) is 0 Å². The number of rotatable bonds is 7. The number of carbonyl (C=O) groups excluding carboxylic acids is 3. The Morgan fingerprint density at radius 1 is 1.09 bits per heavy atom. The molecule has 1 aromatic heterocycles. The van der Waals surface area contributed by atoms with Crippen molar-refractivity contribution >= 4 is 39.5 Å². The molecule has 0 saturated heterocycles. The van der Waals surface area contributed by atoms with E-state index >= 15 is 0 Å². The topological polar surface area (TPSA) is 118 Å². The third kappa shape index (κ3) is 6.02. The van der Waals surface area contributed by atoms with Crippen LogP contribution in [0.2, 0.25) is 0 Å². The van der Waals surface area contributed by atoms with Crippen LogP contribution in [0, 0.1) is 0 Å². The van der Waals surface area contributed by atoms with Gasteiger partial charge in [-0.25, -0.2) is 9.78 Å². The summed E-state index contributed by atoms with van der Waals surface area (Å²) in [4.78, 5) is 40.4. The van der Waals surface area contributed by atoms with Gasteiger partial charge in [-0.05, 0) is 57.9 Å². The normalized spacial score (nSPS) is 10.2. The second kappa shape index (κ2) is 10.4. The number of halogens is 1. The monoisotopic (exact) mass is 495 g/mol. The molecule has 2 aromatic carbocycles. The Labute approximate surface area is 192 Å². The SMILES string of the molecule is C=CC(=O)Oc1ccnc(NC(=O)c2ccc(C(=O)NCc3cccc(O)c3)cc2Br)c1. The molecule has 162 valence electrons. The van der Waals surface area contributed by atoms with E-state index < -0.39 is 11.9 Å². The first-order valence-corrected chi connectivity index (χ1v) is 10.1. The minimum atomic E-state index is -0.630. The van der Waals surface area contributed by atoms with E-state index in [2.05, 4.69) is 38.1 Å². The summed E-state index contributed by atoms with van der Waals surface area (Å²) in [5.41, 5.74) is 1.39. The van der Waals surface area contributed by atoms with Crippen molar-refractivity contribution in [3.8, 4) is 11.5 Å². The Morgan fingerprint density at radius 3 is 2.62 bits per heavy atom. The molecule has 3 N–H and O–H groups in total. The van der Waals surface area contributed by atoms with E-state index in [1.54, 1.807) is 24.3 Å². The molecule has 1 heterocycles. The van der Waals surface area contributed by atoms with Gasteiger partial charge in [-0.3, -0.25) is 9.59 Å². The summed E-state index contributed by atoms with van der Waals surface area (Å²) in [5, 5.41) is 14.9. The van der Waals surface area contributed by atoms with Gasteiger partial charge in [0, 0.05) is 34.9 Å². The van der Waals surface area contributed by atoms with Crippen molar-refractivity contribution in [3.05, 3.63) is 94.6 Å². The van der Waals surface area contributed by atoms with Crippen molar-refractivity contribution in [1.82, 2.24) is 10.3 Å². The molecule has 8 nitrogen and oxygen atoms in total. The van der Waals surface area contributed by atoms with E-state index in [1.165, 1.54) is 36.5 Å². The number of phenolic OH excluding ortho intramolecular Hbond substituents is 1. The van der Waals surface area contributed by atoms with E-state index in [0.717, 1.165) is 11.6 Å². The highest BCUT2D eigenvalue weighted by Gasteiger charge is 2.15. The predicted molar refractivity (Wildman–Crippen MR) is 121 cm³/mol. The summed E-state index contributed by atoms with van der Waals surface area (Å²) in [6, 6.07) is 14.0. The molecule has 2 amide bonds. The van der Waals surface area contributed by atoms with Crippen LogP contribution in [-0.2, 0) is 11.3 Å². The number of phenols is 1. The van der Waals surface area contributed by atoms with E-state index in [9.17, 15) is 19.5 Å². The number of benzene rings is 2. The number of hydrogen-bond donors (Lipinski definition) is 3. The van der Waals surface area contributed by atoms with Crippen molar-refractivity contribution in [2.45, 2.75) is 6.54 Å². The number of pyridine rings is 1. The summed E-state index contributed by atoms with van der Waals surface area (Å²) >= 11 is 3.32. The summed E-state index contributed by atoms with van der Waals surface area (Å²) in [6.07, 6.45) is 2.41. The molecule has 0 aliphatic heterocycles. The smallest absolute Gasteiger partial charge is 0.335 e. The molecule has 0 aliphatic carbocycles. The number of aromatic hydroxyl groups is 1. The summed E-state index contributed by atoms with van der Waals surface area (Å²) in [7, 11) is 0. The van der Waals surface area contributed by atoms with Crippen molar-refractivity contribution in [1.29, 1.82) is 0 Å². The van der Waals surface area contributed by atoms with Crippen molar-refractivity contribution in [2.24, 2.45) is 0 Å². The van der Waals surface area contributed by atoms with Crippen LogP contribution in [-0.4, -0.2) is 27.9 Å². The van der Waals surface area contributed by atoms with Crippen LogP contribution in [0.5, 0.6) is 11.5 Å². The van der Waals surface area contributed by atoms with Gasteiger partial charge in [0.1, 0.15) is 17.3 Å². The fourth-order valence-electron chi connectivity index (χ4n) is 2.68. The number of esters is 1. The molecular weight excluding hydrogens is 478 g/mol. The number of nitrogens with zero attached hydrogens (tertiary/aromatic N) is 1. The van der Waals surface area contributed by atoms with Gasteiger partial charge in [-0.15, -0.1) is 0 Å². The number of aromatic nitrogens is 1. The van der Waals surface area contributed by atoms with Crippen LogP contribution in [0.25, 0.3) is 0 Å². The van der Waals surface area contributed by atoms with Crippen LogP contribution >= 0.6 is 15.9 Å². The Balaban J connectivity index is 1.66. The van der Waals surface area contributed by atoms with Gasteiger partial charge in [0.15, 0.2) is 0 Å². The van der Waals surface area contributed by atoms with Crippen LogP contribution in [0.4, 0.5) is 5.82 Å². The molecule has 0 atom stereocenters. The minimum Gasteiger partial charge on any atom is -0.508 e. The maximum atomic E-state index is 12.6. The van der Waals surface area contributed by atoms with Crippen LogP contribution in [0.15, 0.2) is 77.9 Å². The zero-order valence-electron chi connectivity index (χ0n) is 16.7. The van der Waals surface area contributed by atoms with E-state index in [-0.39, 0.29) is 35.3 Å². The third-order valence-corrected chi connectivity index (χ3v) is 4.85. The first-order valence-electron chi connectivity index (χ1n) is 9.33. The van der Waals surface area contributed by atoms with Gasteiger partial charge in [0.2, 0.25) is 0 Å². The quantitative estimate of drug-likeness (QED) is 0.338. The molecule has 32 heavy (non-hydrogen) atoms. The summed E-state index contributed by atoms with van der Waals surface area (Å²) < 4.78 is 5.41. The van der Waals surface area contributed by atoms with Gasteiger partial charge in [-0.1, -0.05) is 18.7 Å². The molecular formula is C23H18BrN3O5. The lowest BCUT2D eigenvalue weighted by atomic mass is 10.1. The van der Waals surface area contributed by atoms with Gasteiger partial charge in [0.05, 0.1) is 5.56 Å². The molecule has 0 spiro atoms. The molecule has 0 radical (unpaired) electrons. The highest BCUT2D eigenvalue weighted by atomic mass is 79.9. The number of amides is 2. The van der Waals surface area contributed by atoms with Gasteiger partial charge >= 0.3 is 5.97 Å². The van der Waals surface area contributed by atoms with Crippen molar-refractivity contribution in [2.75, 3.05) is 5.32 Å². The van der Waals surface area contributed by atoms with E-state index in [1.807, 2.05) is 0 Å². The van der Waals surface area contributed by atoms with Gasteiger partial charge < -0.3 is 20.5 Å². The van der Waals surface area contributed by atoms with Crippen LogP contribution < -0.4 is 15.4 Å². The maximum absolute atomic E-state index is 12.6. The van der Waals surface area contributed by atoms with Crippen molar-refractivity contribution < 1.29 is 24.2 Å². The highest BCUT2D eigenvalue weighted by molar-refractivity contribution is 9.10. The highest BCUT2D eigenvalue weighted by Crippen LogP contribution is 2.21. The first-order chi connectivity index (χ1) is 15.4. The molecule has 0 aliphatic rings. The number of carbonyl (C=O) groups is 3. The number of ether oxygens (including phenoxy) is 1. The van der Waals surface area contributed by atoms with Crippen LogP contribution in [0.3, 0.4) is 0 Å². The van der Waals surface area contributed by atoms with Gasteiger partial charge in [0.25, 0.3) is 11.8 Å². The molecule has 0 saturated carbocycles. The molecule has 0 fully saturated rings. The Morgan fingerprint density at radius 2 is 1.91 bits per heavy atom. The van der Waals surface area contributed by atoms with Crippen molar-refractivity contribution in [3.63, 3.8) is 0 Å². The standard InChI is InChI=1S/C23H18BrN3O5/c1-2-21(29)32-17-8-9-25-20(12-17)27-23(31)18-7-6-15(11-19(18)24)22(30)26-13-14-4-3-5-16(28)10-14/h2-12,28H,1,13H2,(H,26,30)(H,25,27,31). The molecule has 9 heteroatoms. The largest absolute Gasteiger partial charge is 0.508 e. The predicted octanol–water partition coefficient (Wildman–Crippen LogP) is 3.82. The molecule has 0 bridgehead atoms. The zero-order valence-corrected chi connectivity index (χ0v) is 18.3. The number of hydrogen-bond acceptors (Lipinski definition) is 6. The lowest BCUT2D eigenvalue weighted by molar-refractivity contribution is -0.128. The Kier molecular flexibility index (Phi) is 7.35. The third-order valence-electron chi connectivity index (χ3n) is 4.20. The maximum Gasteiger partial charge on any atom is 0.335 e. The average molecular weight is 496 g/mol. The first kappa shape index (κ1) is 22.7. The molecule has 3 aromatic rings. The average Bonchev–Trinajstić information content (AvgIpc) is 2.77. The minimum absolute atomic E-state index is 0.119. The number of nitrogens with one attached hydrogen (secondary N) is 2. The lowest BCUT2D eigenvalue weighted by Gasteiger charge is -2.10. The summed E-state index contributed by atoms with van der Waals surface area (Å²) in [6.45, 7) is 3.56. The molecule has 3 rings (SSSR count). The second-order valence-corrected chi connectivity index (χ2v) is 7.36. The fourth-order valence-corrected chi connectivity index (χ4v) is 3.23. The number of anilines is 1. The molecule has 0 unspecified atom stereocenters. The fraction of sp³-hybridized carbons (Fsp3) is 0.0435. The van der Waals surface area contributed by atoms with E-state index in [4.69, 9.17) is 4.74 Å². The van der Waals surface area contributed by atoms with E-state index in [0.29, 0.717) is 10.0 Å². The summed E-state index contributed by atoms with van der Waals surface area (Å²) in [5.74, 6) is -0.923. The Hall–Kier alpha value is -3.98. The lowest BCUT2D eigenvalue weighted by Crippen LogP contribution is -2.23. The Bertz CT molecular complexity index is 1200. The second-order valence-electron chi connectivity index (χ2n) is 6.50.